The van der Waals surface area contributed by atoms with E-state index < -0.39 is 35.5 Å². The Hall–Kier alpha value is -4.46. The minimum atomic E-state index is -1.70. The van der Waals surface area contributed by atoms with E-state index in [-0.39, 0.29) is 22.6 Å². The summed E-state index contributed by atoms with van der Waals surface area (Å²) in [5.41, 5.74) is 0.646. The molecule has 166 valence electrons. The van der Waals surface area contributed by atoms with E-state index in [0.717, 1.165) is 0 Å². The molecule has 0 aromatic heterocycles. The number of carbonyl (C=O) groups excluding carboxylic acids is 4. The summed E-state index contributed by atoms with van der Waals surface area (Å²) in [4.78, 5) is 51.9. The molecule has 0 radical (unpaired) electrons. The molecule has 0 bridgehead atoms. The van der Waals surface area contributed by atoms with Gasteiger partial charge < -0.3 is 19.9 Å². The first-order chi connectivity index (χ1) is 15.9. The summed E-state index contributed by atoms with van der Waals surface area (Å²) in [6, 6.07) is 18.3. The number of hydrogen-bond donors (Lipinski definition) is 2. The fraction of sp³-hybridized carbons (Fsp3) is 0.120. The maximum absolute atomic E-state index is 13.4. The van der Waals surface area contributed by atoms with Crippen LogP contribution in [0.25, 0.3) is 0 Å². The van der Waals surface area contributed by atoms with E-state index in [9.17, 15) is 24.3 Å². The smallest absolute Gasteiger partial charge is 0.339 e. The van der Waals surface area contributed by atoms with Gasteiger partial charge in [-0.3, -0.25) is 14.4 Å². The van der Waals surface area contributed by atoms with E-state index in [1.165, 1.54) is 43.5 Å². The van der Waals surface area contributed by atoms with Gasteiger partial charge >= 0.3 is 5.97 Å². The van der Waals surface area contributed by atoms with Crippen molar-refractivity contribution in [3.8, 4) is 11.5 Å². The molecule has 0 saturated carbocycles. The number of rotatable bonds is 7. The number of para-hydroxylation sites is 1. The van der Waals surface area contributed by atoms with Crippen LogP contribution in [0, 0.1) is 5.92 Å². The fourth-order valence-corrected chi connectivity index (χ4v) is 3.70. The average molecular weight is 445 g/mol. The number of fused-ring (bicyclic) bond motifs is 1. The Morgan fingerprint density at radius 3 is 2.48 bits per heavy atom. The Bertz CT molecular complexity index is 1270. The van der Waals surface area contributed by atoms with Crippen LogP contribution in [0.2, 0.25) is 0 Å². The van der Waals surface area contributed by atoms with Gasteiger partial charge in [-0.05, 0) is 30.3 Å². The highest BCUT2D eigenvalue weighted by atomic mass is 16.5. The quantitative estimate of drug-likeness (QED) is 0.248. The molecule has 1 aliphatic heterocycles. The standard InChI is InChI=1S/C25H19NO7/c1-32-15-8-6-7-14(13-15)26-24(30)22(29)20(21(28)18-11-4-5-12-19(18)27)23-16-9-2-3-10-17(16)25(31)33-23/h2-13,20,23,27H,1H3,(H,26,30)/t20-,23+/m1/s1. The molecular weight excluding hydrogens is 426 g/mol. The molecule has 2 N–H and O–H groups in total. The van der Waals surface area contributed by atoms with Crippen LogP contribution in [0.4, 0.5) is 5.69 Å². The molecule has 2 atom stereocenters. The zero-order valence-corrected chi connectivity index (χ0v) is 17.5. The summed E-state index contributed by atoms with van der Waals surface area (Å²) >= 11 is 0. The van der Waals surface area contributed by atoms with Crippen LogP contribution < -0.4 is 10.1 Å². The number of aromatic hydroxyl groups is 1. The molecule has 0 saturated heterocycles. The first-order valence-corrected chi connectivity index (χ1v) is 10.0. The second-order valence-electron chi connectivity index (χ2n) is 7.32. The van der Waals surface area contributed by atoms with Gasteiger partial charge in [0, 0.05) is 17.3 Å². The number of ether oxygens (including phenoxy) is 2. The van der Waals surface area contributed by atoms with Gasteiger partial charge in [0.2, 0.25) is 5.78 Å². The summed E-state index contributed by atoms with van der Waals surface area (Å²) in [6.45, 7) is 0. The molecule has 8 nitrogen and oxygen atoms in total. The van der Waals surface area contributed by atoms with E-state index >= 15 is 0 Å². The predicted octanol–water partition coefficient (Wildman–Crippen LogP) is 3.32. The van der Waals surface area contributed by atoms with E-state index in [1.54, 1.807) is 36.4 Å². The van der Waals surface area contributed by atoms with Crippen LogP contribution in [-0.2, 0) is 14.3 Å². The minimum absolute atomic E-state index is 0.162. The summed E-state index contributed by atoms with van der Waals surface area (Å²) in [7, 11) is 1.46. The summed E-state index contributed by atoms with van der Waals surface area (Å²) in [6.07, 6.45) is -1.32. The van der Waals surface area contributed by atoms with Crippen molar-refractivity contribution >= 4 is 29.1 Å². The maximum atomic E-state index is 13.4. The molecular formula is C25H19NO7. The molecule has 0 fully saturated rings. The molecule has 8 heteroatoms. The van der Waals surface area contributed by atoms with Crippen molar-refractivity contribution in [2.45, 2.75) is 6.10 Å². The molecule has 1 amide bonds. The van der Waals surface area contributed by atoms with Crippen LogP contribution in [0.5, 0.6) is 11.5 Å². The Labute approximate surface area is 188 Å². The van der Waals surface area contributed by atoms with Gasteiger partial charge in [-0.1, -0.05) is 36.4 Å². The lowest BCUT2D eigenvalue weighted by Crippen LogP contribution is -2.38. The largest absolute Gasteiger partial charge is 0.507 e. The Balaban J connectivity index is 1.72. The number of benzene rings is 3. The van der Waals surface area contributed by atoms with Crippen molar-refractivity contribution in [3.05, 3.63) is 89.5 Å². The number of phenolic OH excluding ortho intramolecular Hbond substituents is 1. The van der Waals surface area contributed by atoms with Crippen molar-refractivity contribution < 1.29 is 33.8 Å². The van der Waals surface area contributed by atoms with Gasteiger partial charge in [-0.25, -0.2) is 4.79 Å². The van der Waals surface area contributed by atoms with Gasteiger partial charge in [0.1, 0.15) is 23.5 Å². The minimum Gasteiger partial charge on any atom is -0.507 e. The number of amides is 1. The Morgan fingerprint density at radius 1 is 1.00 bits per heavy atom. The van der Waals surface area contributed by atoms with Crippen LogP contribution in [0.3, 0.4) is 0 Å². The van der Waals surface area contributed by atoms with Gasteiger partial charge in [0.25, 0.3) is 5.91 Å². The number of esters is 1. The van der Waals surface area contributed by atoms with Gasteiger partial charge in [0.15, 0.2) is 5.78 Å². The van der Waals surface area contributed by atoms with Crippen LogP contribution in [-0.4, -0.2) is 35.7 Å². The number of Topliss-reactive ketones (excluding diaryl/α,β-unsaturated/α-hetero) is 2. The molecule has 3 aromatic carbocycles. The first-order valence-electron chi connectivity index (χ1n) is 10.0. The SMILES string of the molecule is COc1cccc(NC(=O)C(=O)[C@@H](C(=O)c2ccccc2O)[C@H]2OC(=O)c3ccccc32)c1. The van der Waals surface area contributed by atoms with Crippen molar-refractivity contribution in [1.29, 1.82) is 0 Å². The van der Waals surface area contributed by atoms with Crippen LogP contribution in [0.15, 0.2) is 72.8 Å². The lowest BCUT2D eigenvalue weighted by molar-refractivity contribution is -0.138. The highest BCUT2D eigenvalue weighted by molar-refractivity contribution is 6.45. The topological polar surface area (TPSA) is 119 Å². The number of ketones is 2. The number of methoxy groups -OCH3 is 1. The zero-order valence-electron chi connectivity index (χ0n) is 17.5. The van der Waals surface area contributed by atoms with Crippen molar-refractivity contribution in [2.75, 3.05) is 12.4 Å². The highest BCUT2D eigenvalue weighted by Gasteiger charge is 2.46. The molecule has 0 aliphatic carbocycles. The highest BCUT2D eigenvalue weighted by Crippen LogP contribution is 2.39. The van der Waals surface area contributed by atoms with E-state index in [0.29, 0.717) is 11.3 Å². The van der Waals surface area contributed by atoms with E-state index in [2.05, 4.69) is 5.32 Å². The summed E-state index contributed by atoms with van der Waals surface area (Å²) in [5, 5.41) is 12.6. The third-order valence-corrected chi connectivity index (χ3v) is 5.31. The van der Waals surface area contributed by atoms with Crippen molar-refractivity contribution in [3.63, 3.8) is 0 Å². The first kappa shape index (κ1) is 21.8. The molecule has 0 spiro atoms. The number of anilines is 1. The van der Waals surface area contributed by atoms with E-state index in [1.807, 2.05) is 0 Å². The number of phenols is 1. The number of carbonyl (C=O) groups is 4. The number of nitrogens with one attached hydrogen (secondary N) is 1. The Kier molecular flexibility index (Phi) is 5.91. The number of cyclic esters (lactones) is 1. The summed E-state index contributed by atoms with van der Waals surface area (Å²) in [5.74, 6) is -5.32. The Morgan fingerprint density at radius 2 is 1.73 bits per heavy atom. The zero-order chi connectivity index (χ0) is 23.5. The van der Waals surface area contributed by atoms with Crippen LogP contribution >= 0.6 is 0 Å². The van der Waals surface area contributed by atoms with Gasteiger partial charge in [-0.2, -0.15) is 0 Å². The van der Waals surface area contributed by atoms with Crippen LogP contribution in [0.1, 0.15) is 32.4 Å². The molecule has 3 aromatic rings. The molecule has 1 aliphatic rings. The third-order valence-electron chi connectivity index (χ3n) is 5.31. The lowest BCUT2D eigenvalue weighted by Gasteiger charge is -2.21. The summed E-state index contributed by atoms with van der Waals surface area (Å²) < 4.78 is 10.5. The van der Waals surface area contributed by atoms with E-state index in [4.69, 9.17) is 9.47 Å². The fourth-order valence-electron chi connectivity index (χ4n) is 3.70. The predicted molar refractivity (Wildman–Crippen MR) is 117 cm³/mol. The molecule has 0 unspecified atom stereocenters. The monoisotopic (exact) mass is 445 g/mol. The lowest BCUT2D eigenvalue weighted by atomic mass is 9.84. The third kappa shape index (κ3) is 4.18. The average Bonchev–Trinajstić information content (AvgIpc) is 3.15. The van der Waals surface area contributed by atoms with Crippen molar-refractivity contribution in [1.82, 2.24) is 0 Å². The molecule has 4 rings (SSSR count). The second-order valence-corrected chi connectivity index (χ2v) is 7.32. The molecule has 1 heterocycles. The molecule has 33 heavy (non-hydrogen) atoms. The maximum Gasteiger partial charge on any atom is 0.339 e. The van der Waals surface area contributed by atoms with Gasteiger partial charge in [0.05, 0.1) is 18.2 Å². The number of hydrogen-bond acceptors (Lipinski definition) is 7. The van der Waals surface area contributed by atoms with Gasteiger partial charge in [-0.15, -0.1) is 0 Å². The van der Waals surface area contributed by atoms with Crippen molar-refractivity contribution in [2.24, 2.45) is 5.92 Å². The second kappa shape index (κ2) is 8.96. The normalized spacial score (nSPS) is 15.2.